The van der Waals surface area contributed by atoms with Gasteiger partial charge in [0.05, 0.1) is 13.2 Å². The predicted octanol–water partition coefficient (Wildman–Crippen LogP) is 3.36. The maximum Gasteiger partial charge on any atom is 0.409 e. The summed E-state index contributed by atoms with van der Waals surface area (Å²) in [5.74, 6) is 0.829. The summed E-state index contributed by atoms with van der Waals surface area (Å²) in [5, 5.41) is 6.87. The topological polar surface area (TPSA) is 69.2 Å². The van der Waals surface area contributed by atoms with E-state index in [1.807, 2.05) is 6.92 Å². The first-order valence-corrected chi connectivity index (χ1v) is 10.6. The number of guanidine groups is 1. The van der Waals surface area contributed by atoms with Crippen molar-refractivity contribution in [1.82, 2.24) is 15.5 Å². The number of ether oxygens (including phenoxy) is 1. The lowest BCUT2D eigenvalue weighted by molar-refractivity contribution is 0.0963. The van der Waals surface area contributed by atoms with Gasteiger partial charge in [-0.05, 0) is 44.4 Å². The third-order valence-electron chi connectivity index (χ3n) is 5.22. The van der Waals surface area contributed by atoms with Gasteiger partial charge in [0.15, 0.2) is 5.96 Å². The van der Waals surface area contributed by atoms with E-state index in [9.17, 15) is 4.79 Å². The molecular weight excluding hydrogens is 493 g/mol. The van der Waals surface area contributed by atoms with Crippen molar-refractivity contribution in [2.45, 2.75) is 39.3 Å². The van der Waals surface area contributed by atoms with Gasteiger partial charge in [-0.25, -0.2) is 9.79 Å². The molecule has 30 heavy (non-hydrogen) atoms. The zero-order chi connectivity index (χ0) is 20.5. The molecule has 0 aliphatic carbocycles. The van der Waals surface area contributed by atoms with Crippen molar-refractivity contribution in [2.24, 2.45) is 4.99 Å². The van der Waals surface area contributed by atoms with Crippen molar-refractivity contribution in [1.29, 1.82) is 0 Å². The van der Waals surface area contributed by atoms with Gasteiger partial charge in [0.1, 0.15) is 0 Å². The predicted molar refractivity (Wildman–Crippen MR) is 133 cm³/mol. The normalized spacial score (nSPS) is 16.9. The average molecular weight is 527 g/mol. The zero-order valence-electron chi connectivity index (χ0n) is 18.0. The van der Waals surface area contributed by atoms with E-state index in [-0.39, 0.29) is 30.1 Å². The molecule has 3 rings (SSSR count). The first-order valence-electron chi connectivity index (χ1n) is 10.6. The Kier molecular flexibility index (Phi) is 10.3. The average Bonchev–Trinajstić information content (AvgIpc) is 3.28. The second-order valence-corrected chi connectivity index (χ2v) is 7.35. The summed E-state index contributed by atoms with van der Waals surface area (Å²) in [7, 11) is 0. The number of rotatable bonds is 6. The second-order valence-electron chi connectivity index (χ2n) is 7.35. The summed E-state index contributed by atoms with van der Waals surface area (Å²) in [6.45, 7) is 9.14. The molecule has 1 amide bonds. The molecule has 1 aromatic carbocycles. The van der Waals surface area contributed by atoms with Crippen molar-refractivity contribution >= 4 is 41.7 Å². The summed E-state index contributed by atoms with van der Waals surface area (Å²) in [6.07, 6.45) is 5.97. The summed E-state index contributed by atoms with van der Waals surface area (Å²) in [4.78, 5) is 20.8. The Labute approximate surface area is 197 Å². The highest BCUT2D eigenvalue weighted by atomic mass is 127. The summed E-state index contributed by atoms with van der Waals surface area (Å²) < 4.78 is 5.09. The molecule has 0 aromatic heterocycles. The van der Waals surface area contributed by atoms with Gasteiger partial charge < -0.3 is 25.2 Å². The minimum absolute atomic E-state index is 0. The Morgan fingerprint density at radius 1 is 1.20 bits per heavy atom. The van der Waals surface area contributed by atoms with E-state index >= 15 is 0 Å². The van der Waals surface area contributed by atoms with Crippen LogP contribution < -0.4 is 15.5 Å². The van der Waals surface area contributed by atoms with Crippen LogP contribution in [0.15, 0.2) is 41.4 Å². The molecule has 0 bridgehead atoms. The number of nitrogens with one attached hydrogen (secondary N) is 2. The number of likely N-dealkylation sites (tertiary alicyclic amines) is 1. The van der Waals surface area contributed by atoms with Gasteiger partial charge in [-0.3, -0.25) is 0 Å². The lowest BCUT2D eigenvalue weighted by Crippen LogP contribution is -2.49. The van der Waals surface area contributed by atoms with Crippen molar-refractivity contribution in [2.75, 3.05) is 44.2 Å². The van der Waals surface area contributed by atoms with Gasteiger partial charge >= 0.3 is 6.09 Å². The molecule has 2 aliphatic heterocycles. The molecule has 1 aromatic rings. The smallest absolute Gasteiger partial charge is 0.409 e. The summed E-state index contributed by atoms with van der Waals surface area (Å²) in [6, 6.07) is 8.90. The molecule has 7 nitrogen and oxygen atoms in total. The molecule has 1 saturated heterocycles. The minimum atomic E-state index is -0.209. The Balaban J connectivity index is 0.00000320. The number of anilines is 1. The highest BCUT2D eigenvalue weighted by molar-refractivity contribution is 14.0. The van der Waals surface area contributed by atoms with Crippen LogP contribution in [-0.4, -0.2) is 62.3 Å². The zero-order valence-corrected chi connectivity index (χ0v) is 20.3. The lowest BCUT2D eigenvalue weighted by Gasteiger charge is -2.32. The molecule has 0 unspecified atom stereocenters. The van der Waals surface area contributed by atoms with Gasteiger partial charge in [-0.2, -0.15) is 0 Å². The van der Waals surface area contributed by atoms with E-state index in [1.165, 1.54) is 11.3 Å². The van der Waals surface area contributed by atoms with Crippen LogP contribution in [0.3, 0.4) is 0 Å². The highest BCUT2D eigenvalue weighted by Crippen LogP contribution is 2.19. The van der Waals surface area contributed by atoms with Crippen LogP contribution in [0.1, 0.15) is 32.3 Å². The molecule has 0 radical (unpaired) electrons. The molecule has 166 valence electrons. The number of benzene rings is 1. The molecule has 0 spiro atoms. The summed E-state index contributed by atoms with van der Waals surface area (Å²) in [5.41, 5.74) is 2.44. The van der Waals surface area contributed by atoms with E-state index in [2.05, 4.69) is 58.9 Å². The fourth-order valence-corrected chi connectivity index (χ4v) is 3.65. The number of hydrogen-bond acceptors (Lipinski definition) is 4. The number of carbonyl (C=O) groups excluding carboxylic acids is 1. The molecule has 0 saturated carbocycles. The Bertz CT molecular complexity index is 724. The Morgan fingerprint density at radius 3 is 2.60 bits per heavy atom. The molecule has 2 heterocycles. The molecule has 2 N–H and O–H groups in total. The van der Waals surface area contributed by atoms with Gasteiger partial charge in [-0.15, -0.1) is 24.0 Å². The monoisotopic (exact) mass is 527 g/mol. The van der Waals surface area contributed by atoms with Crippen LogP contribution in [0, 0.1) is 0 Å². The standard InChI is InChI=1S/C22H33N5O2.HI/c1-3-23-21(25-19-10-14-27(15-11-19)22(28)29-4-2)24-17-18-8-7-9-20(16-18)26-12-5-6-13-26;/h5-9,16,19H,3-4,10-15,17H2,1-2H3,(H2,23,24,25);1H. The highest BCUT2D eigenvalue weighted by Gasteiger charge is 2.24. The van der Waals surface area contributed by atoms with Crippen molar-refractivity contribution in [3.8, 4) is 0 Å². The number of hydrogen-bond donors (Lipinski definition) is 2. The van der Waals surface area contributed by atoms with Crippen LogP contribution >= 0.6 is 24.0 Å². The fraction of sp³-hybridized carbons (Fsp3) is 0.545. The van der Waals surface area contributed by atoms with E-state index in [0.29, 0.717) is 32.3 Å². The van der Waals surface area contributed by atoms with Gasteiger partial charge in [0, 0.05) is 44.5 Å². The van der Waals surface area contributed by atoms with Crippen LogP contribution in [-0.2, 0) is 11.3 Å². The number of carbonyl (C=O) groups is 1. The maximum atomic E-state index is 11.9. The molecule has 2 aliphatic rings. The van der Waals surface area contributed by atoms with Gasteiger partial charge in [0.2, 0.25) is 0 Å². The van der Waals surface area contributed by atoms with E-state index < -0.39 is 0 Å². The largest absolute Gasteiger partial charge is 0.450 e. The van der Waals surface area contributed by atoms with E-state index in [1.54, 1.807) is 4.90 Å². The van der Waals surface area contributed by atoms with Crippen molar-refractivity contribution in [3.05, 3.63) is 42.0 Å². The maximum absolute atomic E-state index is 11.9. The lowest BCUT2D eigenvalue weighted by atomic mass is 10.1. The quantitative estimate of drug-likeness (QED) is 0.257. The number of aliphatic imine (C=N–C) groups is 1. The van der Waals surface area contributed by atoms with E-state index in [0.717, 1.165) is 38.4 Å². The Morgan fingerprint density at radius 2 is 1.93 bits per heavy atom. The summed E-state index contributed by atoms with van der Waals surface area (Å²) >= 11 is 0. The fourth-order valence-electron chi connectivity index (χ4n) is 3.65. The minimum Gasteiger partial charge on any atom is -0.450 e. The van der Waals surface area contributed by atoms with Crippen LogP contribution in [0.5, 0.6) is 0 Å². The third kappa shape index (κ3) is 7.07. The SMILES string of the molecule is CCNC(=NCc1cccc(N2CC=CC2)c1)NC1CCN(C(=O)OCC)CC1.I. The van der Waals surface area contributed by atoms with Gasteiger partial charge in [-0.1, -0.05) is 24.3 Å². The van der Waals surface area contributed by atoms with Gasteiger partial charge in [0.25, 0.3) is 0 Å². The molecular formula is C22H34IN5O2. The molecule has 0 atom stereocenters. The third-order valence-corrected chi connectivity index (χ3v) is 5.22. The number of halogens is 1. The van der Waals surface area contributed by atoms with Crippen LogP contribution in [0.2, 0.25) is 0 Å². The number of nitrogens with zero attached hydrogens (tertiary/aromatic N) is 3. The Hall–Kier alpha value is -1.97. The van der Waals surface area contributed by atoms with Crippen LogP contribution in [0.4, 0.5) is 10.5 Å². The van der Waals surface area contributed by atoms with Crippen molar-refractivity contribution < 1.29 is 9.53 Å². The first-order chi connectivity index (χ1) is 14.2. The molecule has 8 heteroatoms. The van der Waals surface area contributed by atoms with Crippen LogP contribution in [0.25, 0.3) is 0 Å². The number of piperidine rings is 1. The number of amides is 1. The van der Waals surface area contributed by atoms with Crippen molar-refractivity contribution in [3.63, 3.8) is 0 Å². The first kappa shape index (κ1) is 24.3. The molecule has 1 fully saturated rings. The van der Waals surface area contributed by atoms with E-state index in [4.69, 9.17) is 9.73 Å². The second kappa shape index (κ2) is 12.7.